The van der Waals surface area contributed by atoms with Crippen LogP contribution in [0.15, 0.2) is 58.1 Å². The van der Waals surface area contributed by atoms with Crippen LogP contribution < -0.4 is 14.9 Å². The number of hydrogen-bond acceptors (Lipinski definition) is 4. The van der Waals surface area contributed by atoms with Gasteiger partial charge in [-0.15, -0.1) is 0 Å². The first kappa shape index (κ1) is 19.0. The van der Waals surface area contributed by atoms with Crippen LogP contribution in [0.25, 0.3) is 0 Å². The van der Waals surface area contributed by atoms with E-state index in [-0.39, 0.29) is 12.5 Å². The van der Waals surface area contributed by atoms with Crippen LogP contribution in [0.5, 0.6) is 11.5 Å². The van der Waals surface area contributed by atoms with Gasteiger partial charge in [0.05, 0.1) is 12.8 Å². The summed E-state index contributed by atoms with van der Waals surface area (Å²) < 4.78 is 11.9. The Morgan fingerprint density at radius 3 is 2.68 bits per heavy atom. The number of carbonyl (C=O) groups is 1. The summed E-state index contributed by atoms with van der Waals surface area (Å²) in [4.78, 5) is 11.7. The maximum absolute atomic E-state index is 11.7. The summed E-state index contributed by atoms with van der Waals surface area (Å²) in [6, 6.07) is 14.8. The molecule has 0 unspecified atom stereocenters. The fourth-order valence-electron chi connectivity index (χ4n) is 1.90. The van der Waals surface area contributed by atoms with Gasteiger partial charge < -0.3 is 9.47 Å². The first-order valence-corrected chi connectivity index (χ1v) is 8.90. The fourth-order valence-corrected chi connectivity index (χ4v) is 2.28. The molecule has 0 atom stereocenters. The lowest BCUT2D eigenvalue weighted by Gasteiger charge is -2.05. The average molecular weight is 405 g/mol. The van der Waals surface area contributed by atoms with Crippen LogP contribution in [-0.4, -0.2) is 25.3 Å². The van der Waals surface area contributed by atoms with Crippen molar-refractivity contribution in [3.05, 3.63) is 58.6 Å². The highest BCUT2D eigenvalue weighted by Gasteiger charge is 2.01. The highest BCUT2D eigenvalue weighted by Crippen LogP contribution is 2.17. The second-order valence-corrected chi connectivity index (χ2v) is 6.23. The number of halogens is 1. The van der Waals surface area contributed by atoms with E-state index in [0.29, 0.717) is 5.75 Å². The Hall–Kier alpha value is -2.34. The molecule has 6 heteroatoms. The van der Waals surface area contributed by atoms with Crippen molar-refractivity contribution in [3.8, 4) is 11.5 Å². The van der Waals surface area contributed by atoms with Crippen LogP contribution in [0.3, 0.4) is 0 Å². The Labute approximate surface area is 156 Å². The zero-order valence-corrected chi connectivity index (χ0v) is 15.7. The molecular formula is C19H21BrN2O3. The summed E-state index contributed by atoms with van der Waals surface area (Å²) in [7, 11) is 0. The summed E-state index contributed by atoms with van der Waals surface area (Å²) >= 11 is 3.35. The van der Waals surface area contributed by atoms with Crippen LogP contribution in [0, 0.1) is 0 Å². The molecule has 0 saturated carbocycles. The maximum Gasteiger partial charge on any atom is 0.277 e. The van der Waals surface area contributed by atoms with Crippen molar-refractivity contribution >= 4 is 28.1 Å². The minimum absolute atomic E-state index is 0.0992. The molecular weight excluding hydrogens is 384 g/mol. The Kier molecular flexibility index (Phi) is 7.98. The molecule has 1 N–H and O–H groups in total. The number of nitrogens with zero attached hydrogens (tertiary/aromatic N) is 1. The predicted molar refractivity (Wildman–Crippen MR) is 102 cm³/mol. The molecule has 0 fully saturated rings. The van der Waals surface area contributed by atoms with E-state index < -0.39 is 0 Å². The van der Waals surface area contributed by atoms with Gasteiger partial charge in [-0.3, -0.25) is 4.79 Å². The minimum atomic E-state index is -0.323. The van der Waals surface area contributed by atoms with Crippen molar-refractivity contribution in [2.24, 2.45) is 5.10 Å². The number of hydrogen-bond donors (Lipinski definition) is 1. The summed E-state index contributed by atoms with van der Waals surface area (Å²) in [5.74, 6) is 1.12. The van der Waals surface area contributed by atoms with E-state index >= 15 is 0 Å². The van der Waals surface area contributed by atoms with Gasteiger partial charge in [-0.25, -0.2) is 5.43 Å². The Bertz CT molecular complexity index is 702. The van der Waals surface area contributed by atoms with Crippen molar-refractivity contribution in [1.82, 2.24) is 5.43 Å². The molecule has 0 aliphatic rings. The monoisotopic (exact) mass is 404 g/mol. The third-order valence-corrected chi connectivity index (χ3v) is 3.71. The minimum Gasteiger partial charge on any atom is -0.494 e. The zero-order chi connectivity index (χ0) is 17.9. The first-order chi connectivity index (χ1) is 12.2. The molecule has 1 amide bonds. The van der Waals surface area contributed by atoms with E-state index in [9.17, 15) is 4.79 Å². The van der Waals surface area contributed by atoms with Crippen LogP contribution in [0.4, 0.5) is 0 Å². The lowest BCUT2D eigenvalue weighted by atomic mass is 10.2. The average Bonchev–Trinajstić information content (AvgIpc) is 2.62. The number of unbranched alkanes of at least 4 members (excludes halogenated alkanes) is 1. The molecule has 0 saturated heterocycles. The summed E-state index contributed by atoms with van der Waals surface area (Å²) in [5, 5.41) is 3.92. The second-order valence-electron chi connectivity index (χ2n) is 5.31. The van der Waals surface area contributed by atoms with E-state index in [0.717, 1.165) is 35.2 Å². The highest BCUT2D eigenvalue weighted by molar-refractivity contribution is 9.10. The van der Waals surface area contributed by atoms with E-state index in [2.05, 4.69) is 33.4 Å². The molecule has 132 valence electrons. The van der Waals surface area contributed by atoms with Crippen molar-refractivity contribution < 1.29 is 14.3 Å². The highest BCUT2D eigenvalue weighted by atomic mass is 79.9. The Balaban J connectivity index is 1.73. The van der Waals surface area contributed by atoms with Gasteiger partial charge in [-0.1, -0.05) is 35.3 Å². The third kappa shape index (κ3) is 7.39. The molecule has 25 heavy (non-hydrogen) atoms. The summed E-state index contributed by atoms with van der Waals surface area (Å²) in [6.07, 6.45) is 3.72. The van der Waals surface area contributed by atoms with E-state index in [4.69, 9.17) is 9.47 Å². The first-order valence-electron chi connectivity index (χ1n) is 8.10. The third-order valence-electron chi connectivity index (χ3n) is 3.22. The van der Waals surface area contributed by atoms with Crippen LogP contribution in [0.2, 0.25) is 0 Å². The van der Waals surface area contributed by atoms with E-state index in [1.807, 2.05) is 36.4 Å². The molecule has 0 aromatic heterocycles. The number of benzene rings is 2. The molecule has 5 nitrogen and oxygen atoms in total. The zero-order valence-electron chi connectivity index (χ0n) is 14.1. The Morgan fingerprint density at radius 2 is 1.96 bits per heavy atom. The smallest absolute Gasteiger partial charge is 0.277 e. The largest absolute Gasteiger partial charge is 0.494 e. The number of rotatable bonds is 9. The predicted octanol–water partition coefficient (Wildman–Crippen LogP) is 4.16. The second kappa shape index (κ2) is 10.5. The van der Waals surface area contributed by atoms with Gasteiger partial charge in [0, 0.05) is 4.47 Å². The van der Waals surface area contributed by atoms with Gasteiger partial charge >= 0.3 is 0 Å². The van der Waals surface area contributed by atoms with Crippen molar-refractivity contribution in [1.29, 1.82) is 0 Å². The van der Waals surface area contributed by atoms with Crippen LogP contribution >= 0.6 is 15.9 Å². The van der Waals surface area contributed by atoms with Gasteiger partial charge in [0.2, 0.25) is 0 Å². The molecule has 2 aromatic rings. The number of amides is 1. The SMILES string of the molecule is CCCCOc1ccc(/C=N/NC(=O)COc2cccc(Br)c2)cc1. The topological polar surface area (TPSA) is 59.9 Å². The maximum atomic E-state index is 11.7. The van der Waals surface area contributed by atoms with Crippen molar-refractivity contribution in [3.63, 3.8) is 0 Å². The summed E-state index contributed by atoms with van der Waals surface area (Å²) in [6.45, 7) is 2.75. The fraction of sp³-hybridized carbons (Fsp3) is 0.263. The number of hydrazone groups is 1. The number of nitrogens with one attached hydrogen (secondary N) is 1. The van der Waals surface area contributed by atoms with Crippen LogP contribution in [0.1, 0.15) is 25.3 Å². The molecule has 0 heterocycles. The van der Waals surface area contributed by atoms with Gasteiger partial charge in [-0.05, 0) is 54.4 Å². The van der Waals surface area contributed by atoms with Crippen molar-refractivity contribution in [2.45, 2.75) is 19.8 Å². The lowest BCUT2D eigenvalue weighted by Crippen LogP contribution is -2.24. The quantitative estimate of drug-likeness (QED) is 0.387. The van der Waals surface area contributed by atoms with Gasteiger partial charge in [0.1, 0.15) is 11.5 Å². The van der Waals surface area contributed by atoms with Crippen LogP contribution in [-0.2, 0) is 4.79 Å². The van der Waals surface area contributed by atoms with Gasteiger partial charge in [0.15, 0.2) is 6.61 Å². The molecule has 0 aliphatic carbocycles. The van der Waals surface area contributed by atoms with E-state index in [1.54, 1.807) is 18.3 Å². The molecule has 0 radical (unpaired) electrons. The van der Waals surface area contributed by atoms with E-state index in [1.165, 1.54) is 0 Å². The Morgan fingerprint density at radius 1 is 1.16 bits per heavy atom. The molecule has 2 rings (SSSR count). The molecule has 0 aliphatic heterocycles. The van der Waals surface area contributed by atoms with Crippen molar-refractivity contribution in [2.75, 3.05) is 13.2 Å². The molecule has 0 spiro atoms. The molecule has 0 bridgehead atoms. The summed E-state index contributed by atoms with van der Waals surface area (Å²) in [5.41, 5.74) is 3.31. The molecule has 2 aromatic carbocycles. The number of carbonyl (C=O) groups excluding carboxylic acids is 1. The lowest BCUT2D eigenvalue weighted by molar-refractivity contribution is -0.123. The normalized spacial score (nSPS) is 10.6. The standard InChI is InChI=1S/C19H21BrN2O3/c1-2-3-11-24-17-9-7-15(8-10-17)13-21-22-19(23)14-25-18-6-4-5-16(20)12-18/h4-10,12-13H,2-3,11,14H2,1H3,(H,22,23)/b21-13+. The van der Waals surface area contributed by atoms with Gasteiger partial charge in [0.25, 0.3) is 5.91 Å². The van der Waals surface area contributed by atoms with Gasteiger partial charge in [-0.2, -0.15) is 5.10 Å². The number of ether oxygens (including phenoxy) is 2.